The Morgan fingerprint density at radius 1 is 1.24 bits per heavy atom. The number of rotatable bonds is 2. The summed E-state index contributed by atoms with van der Waals surface area (Å²) >= 11 is 1.58. The maximum atomic E-state index is 4.43. The molecule has 2 aromatic heterocycles. The predicted octanol–water partition coefficient (Wildman–Crippen LogP) is -0.749. The molecule has 0 amide bonds. The first-order valence-electron chi connectivity index (χ1n) is 5.07. The van der Waals surface area contributed by atoms with Crippen molar-refractivity contribution >= 4 is 33.8 Å². The van der Waals surface area contributed by atoms with Crippen LogP contribution in [0, 0.1) is 0 Å². The van der Waals surface area contributed by atoms with E-state index in [4.69, 9.17) is 0 Å². The first kappa shape index (κ1) is 12.8. The van der Waals surface area contributed by atoms with Gasteiger partial charge in [-0.1, -0.05) is 31.2 Å². The van der Waals surface area contributed by atoms with E-state index < -0.39 is 0 Å². The Hall–Kier alpha value is -0.620. The molecule has 4 nitrogen and oxygen atoms in total. The molecule has 0 aliphatic carbocycles. The molecular formula is C11H9N4NaS. The molecule has 0 aliphatic rings. The second-order valence-corrected chi connectivity index (χ2v) is 4.56. The molecule has 0 N–H and O–H groups in total. The third-order valence-corrected chi connectivity index (χ3v) is 3.03. The van der Waals surface area contributed by atoms with Crippen LogP contribution in [-0.4, -0.2) is 20.9 Å². The maximum Gasteiger partial charge on any atom is 1.00 e. The Bertz CT molecular complexity index is 652. The molecule has 0 bridgehead atoms. The second kappa shape index (κ2) is 5.35. The zero-order chi connectivity index (χ0) is 11.0. The first-order valence-corrected chi connectivity index (χ1v) is 6.05. The third-order valence-electron chi connectivity index (χ3n) is 2.31. The normalized spacial score (nSPS) is 10.6. The van der Waals surface area contributed by atoms with Gasteiger partial charge < -0.3 is 9.97 Å². The van der Waals surface area contributed by atoms with Crippen LogP contribution >= 0.6 is 11.8 Å². The molecule has 0 saturated carbocycles. The monoisotopic (exact) mass is 252 g/mol. The largest absolute Gasteiger partial charge is 1.00 e. The molecule has 2 heterocycles. The number of fused-ring (bicyclic) bond motifs is 3. The summed E-state index contributed by atoms with van der Waals surface area (Å²) in [5, 5.41) is 9.98. The molecule has 0 aliphatic heterocycles. The summed E-state index contributed by atoms with van der Waals surface area (Å²) in [6.45, 7) is 2.06. The molecule has 3 aromatic rings. The third kappa shape index (κ3) is 2.33. The van der Waals surface area contributed by atoms with Gasteiger partial charge >= 0.3 is 29.6 Å². The van der Waals surface area contributed by atoms with E-state index in [2.05, 4.69) is 27.1 Å². The summed E-state index contributed by atoms with van der Waals surface area (Å²) in [5.74, 6) is 0.938. The molecule has 0 saturated heterocycles. The first-order chi connectivity index (χ1) is 7.88. The van der Waals surface area contributed by atoms with E-state index in [1.807, 2.05) is 24.3 Å². The van der Waals surface area contributed by atoms with Crippen LogP contribution in [-0.2, 0) is 0 Å². The summed E-state index contributed by atoms with van der Waals surface area (Å²) in [6, 6.07) is 7.89. The van der Waals surface area contributed by atoms with Gasteiger partial charge in [0.15, 0.2) is 0 Å². The molecule has 17 heavy (non-hydrogen) atoms. The van der Waals surface area contributed by atoms with Gasteiger partial charge in [-0.3, -0.25) is 0 Å². The Kier molecular flexibility index (Phi) is 4.04. The molecule has 0 spiro atoms. The molecule has 0 radical (unpaired) electrons. The molecule has 3 rings (SSSR count). The molecule has 0 atom stereocenters. The van der Waals surface area contributed by atoms with E-state index in [0.717, 1.165) is 22.2 Å². The Morgan fingerprint density at radius 3 is 2.88 bits per heavy atom. The van der Waals surface area contributed by atoms with Crippen molar-refractivity contribution in [2.45, 2.75) is 12.1 Å². The number of benzene rings is 1. The van der Waals surface area contributed by atoms with Gasteiger partial charge in [-0.25, -0.2) is 0 Å². The average Bonchev–Trinajstić information content (AvgIpc) is 2.67. The van der Waals surface area contributed by atoms with E-state index in [0.29, 0.717) is 10.8 Å². The van der Waals surface area contributed by atoms with Crippen LogP contribution in [0.2, 0.25) is 0 Å². The van der Waals surface area contributed by atoms with Gasteiger partial charge in [0.2, 0.25) is 0 Å². The summed E-state index contributed by atoms with van der Waals surface area (Å²) < 4.78 is 0. The fraction of sp³-hybridized carbons (Fsp3) is 0.182. The SMILES string of the molecule is CCSc1nnc2c(n1)[n-]c1ccccc12.[Na+]. The summed E-state index contributed by atoms with van der Waals surface area (Å²) in [6.07, 6.45) is 0. The van der Waals surface area contributed by atoms with Crippen molar-refractivity contribution in [3.8, 4) is 0 Å². The van der Waals surface area contributed by atoms with E-state index in [-0.39, 0.29) is 29.6 Å². The minimum Gasteiger partial charge on any atom is -0.434 e. The molecule has 0 unspecified atom stereocenters. The van der Waals surface area contributed by atoms with Crippen molar-refractivity contribution in [2.24, 2.45) is 0 Å². The van der Waals surface area contributed by atoms with Crippen LogP contribution in [0.1, 0.15) is 6.92 Å². The van der Waals surface area contributed by atoms with Crippen molar-refractivity contribution in [2.75, 3.05) is 5.75 Å². The number of hydrogen-bond donors (Lipinski definition) is 0. The summed E-state index contributed by atoms with van der Waals surface area (Å²) in [4.78, 5) is 8.81. The molecular weight excluding hydrogens is 243 g/mol. The smallest absolute Gasteiger partial charge is 0.434 e. The van der Waals surface area contributed by atoms with Gasteiger partial charge in [0.05, 0.1) is 5.52 Å². The van der Waals surface area contributed by atoms with Gasteiger partial charge in [-0.05, 0) is 16.9 Å². The second-order valence-electron chi connectivity index (χ2n) is 3.33. The van der Waals surface area contributed by atoms with Crippen LogP contribution in [0.4, 0.5) is 0 Å². The quantitative estimate of drug-likeness (QED) is 0.444. The summed E-state index contributed by atoms with van der Waals surface area (Å²) in [7, 11) is 0. The zero-order valence-electron chi connectivity index (χ0n) is 9.71. The minimum absolute atomic E-state index is 0. The van der Waals surface area contributed by atoms with E-state index in [1.54, 1.807) is 11.8 Å². The topological polar surface area (TPSA) is 52.8 Å². The standard InChI is InChI=1S/C11H9N4S.Na/c1-2-16-11-13-10-9(14-15-11)7-5-3-4-6-8(7)12-10;/h3-6H,2H2,1H3;/q-1;+1. The number of hydrogen-bond acceptors (Lipinski definition) is 4. The average molecular weight is 252 g/mol. The van der Waals surface area contributed by atoms with Gasteiger partial charge in [0.25, 0.3) is 0 Å². The fourth-order valence-corrected chi connectivity index (χ4v) is 2.14. The van der Waals surface area contributed by atoms with Crippen molar-refractivity contribution < 1.29 is 29.6 Å². The van der Waals surface area contributed by atoms with Crippen LogP contribution in [0.25, 0.3) is 22.1 Å². The van der Waals surface area contributed by atoms with Gasteiger partial charge in [0.1, 0.15) is 5.16 Å². The number of para-hydroxylation sites is 1. The molecule has 1 aromatic carbocycles. The van der Waals surface area contributed by atoms with Crippen LogP contribution in [0.15, 0.2) is 29.4 Å². The van der Waals surface area contributed by atoms with Crippen molar-refractivity contribution in [3.63, 3.8) is 0 Å². The predicted molar refractivity (Wildman–Crippen MR) is 64.6 cm³/mol. The van der Waals surface area contributed by atoms with Gasteiger partial charge in [-0.15, -0.1) is 22.0 Å². The maximum absolute atomic E-state index is 4.43. The van der Waals surface area contributed by atoms with Crippen LogP contribution in [0.3, 0.4) is 0 Å². The minimum atomic E-state index is 0. The molecule has 0 fully saturated rings. The van der Waals surface area contributed by atoms with Crippen LogP contribution < -0.4 is 34.5 Å². The zero-order valence-corrected chi connectivity index (χ0v) is 12.5. The molecule has 6 heteroatoms. The van der Waals surface area contributed by atoms with Crippen molar-refractivity contribution in [3.05, 3.63) is 24.3 Å². The van der Waals surface area contributed by atoms with Crippen LogP contribution in [0.5, 0.6) is 0 Å². The van der Waals surface area contributed by atoms with E-state index in [9.17, 15) is 0 Å². The number of aromatic nitrogens is 4. The van der Waals surface area contributed by atoms with Crippen molar-refractivity contribution in [1.29, 1.82) is 0 Å². The summed E-state index contributed by atoms with van der Waals surface area (Å²) in [5.41, 5.74) is 2.40. The van der Waals surface area contributed by atoms with E-state index in [1.165, 1.54) is 0 Å². The van der Waals surface area contributed by atoms with E-state index >= 15 is 0 Å². The Morgan fingerprint density at radius 2 is 2.06 bits per heavy atom. The number of nitrogens with zero attached hydrogens (tertiary/aromatic N) is 4. The molecule has 80 valence electrons. The van der Waals surface area contributed by atoms with Gasteiger partial charge in [0, 0.05) is 5.39 Å². The Labute approximate surface area is 125 Å². The van der Waals surface area contributed by atoms with Crippen molar-refractivity contribution in [1.82, 2.24) is 20.2 Å². The number of thioether (sulfide) groups is 1. The Balaban J connectivity index is 0.00000108. The fourth-order valence-electron chi connectivity index (χ4n) is 1.63. The van der Waals surface area contributed by atoms with Gasteiger partial charge in [-0.2, -0.15) is 0 Å².